The van der Waals surface area contributed by atoms with E-state index < -0.39 is 27.5 Å². The molecule has 1 aromatic carbocycles. The molecule has 0 spiro atoms. The molecule has 7 nitrogen and oxygen atoms in total. The molecule has 2 amide bonds. The number of urea groups is 1. The predicted octanol–water partition coefficient (Wildman–Crippen LogP) is 4.27. The fraction of sp³-hybridized carbons (Fsp3) is 0.474. The summed E-state index contributed by atoms with van der Waals surface area (Å²) in [7, 11) is -4.18. The van der Waals surface area contributed by atoms with Crippen LogP contribution >= 0.6 is 11.3 Å². The van der Waals surface area contributed by atoms with E-state index in [-0.39, 0.29) is 21.1 Å². The summed E-state index contributed by atoms with van der Waals surface area (Å²) in [6.07, 6.45) is 1.09. The first-order valence-electron chi connectivity index (χ1n) is 9.08. The maximum atomic E-state index is 14.0. The Balaban J connectivity index is 2.32. The molecule has 0 radical (unpaired) electrons. The molecule has 0 saturated carbocycles. The van der Waals surface area contributed by atoms with Crippen LogP contribution in [0, 0.1) is 5.82 Å². The molecule has 0 unspecified atom stereocenters. The average Bonchev–Trinajstić information content (AvgIpc) is 3.06. The van der Waals surface area contributed by atoms with Crippen LogP contribution in [0.2, 0.25) is 0 Å². The third-order valence-corrected chi connectivity index (χ3v) is 7.25. The number of thiazole rings is 1. The number of benzene rings is 1. The lowest BCUT2D eigenvalue weighted by Crippen LogP contribution is -2.34. The number of sulfonamides is 1. The Bertz CT molecular complexity index is 980. The molecule has 0 aliphatic carbocycles. The van der Waals surface area contributed by atoms with Gasteiger partial charge in [-0.05, 0) is 48.9 Å². The fourth-order valence-electron chi connectivity index (χ4n) is 2.68. The normalized spacial score (nSPS) is 12.5. The number of anilines is 1. The van der Waals surface area contributed by atoms with Gasteiger partial charge in [-0.15, -0.1) is 11.3 Å². The number of amides is 2. The first kappa shape index (κ1) is 23.2. The van der Waals surface area contributed by atoms with Gasteiger partial charge in [0.2, 0.25) is 0 Å². The Hall–Kier alpha value is -2.04. The maximum Gasteiger partial charge on any atom is 0.333 e. The van der Waals surface area contributed by atoms with E-state index in [2.05, 4.69) is 10.3 Å². The first-order valence-corrected chi connectivity index (χ1v) is 11.4. The van der Waals surface area contributed by atoms with Crippen LogP contribution in [0.15, 0.2) is 22.5 Å². The molecule has 0 aliphatic heterocycles. The minimum absolute atomic E-state index is 0.0917. The summed E-state index contributed by atoms with van der Waals surface area (Å²) < 4.78 is 40.8. The van der Waals surface area contributed by atoms with Gasteiger partial charge in [-0.2, -0.15) is 0 Å². The summed E-state index contributed by atoms with van der Waals surface area (Å²) in [5, 5.41) is 12.7. The minimum atomic E-state index is -4.18. The van der Waals surface area contributed by atoms with Crippen molar-refractivity contribution >= 4 is 33.1 Å². The summed E-state index contributed by atoms with van der Waals surface area (Å²) in [5.74, 6) is -0.600. The van der Waals surface area contributed by atoms with E-state index in [1.165, 1.54) is 26.0 Å². The molecule has 0 saturated heterocycles. The van der Waals surface area contributed by atoms with Crippen molar-refractivity contribution in [3.8, 4) is 0 Å². The topological polar surface area (TPSA) is 108 Å². The molecule has 1 heterocycles. The fourth-order valence-corrected chi connectivity index (χ4v) is 4.72. The van der Waals surface area contributed by atoms with Crippen molar-refractivity contribution in [2.75, 3.05) is 5.32 Å². The number of rotatable bonds is 6. The number of carbonyl (C=O) groups excluding carboxylic acids is 1. The van der Waals surface area contributed by atoms with Crippen molar-refractivity contribution in [2.24, 2.45) is 0 Å². The maximum absolute atomic E-state index is 14.0. The highest BCUT2D eigenvalue weighted by atomic mass is 32.2. The molecule has 2 rings (SSSR count). The molecule has 0 aliphatic rings. The largest absolute Gasteiger partial charge is 0.383 e. The van der Waals surface area contributed by atoms with Crippen molar-refractivity contribution in [3.05, 3.63) is 40.3 Å². The summed E-state index contributed by atoms with van der Waals surface area (Å²) >= 11 is 0.772. The lowest BCUT2D eigenvalue weighted by molar-refractivity contribution is 0.0783. The van der Waals surface area contributed by atoms with Crippen LogP contribution in [0.5, 0.6) is 0 Å². The molecule has 0 atom stereocenters. The average molecular weight is 444 g/mol. The quantitative estimate of drug-likeness (QED) is 0.618. The number of nitrogens with zero attached hydrogens (tertiary/aromatic N) is 1. The van der Waals surface area contributed by atoms with Crippen LogP contribution < -0.4 is 10.0 Å². The minimum Gasteiger partial charge on any atom is -0.383 e. The number of hydrogen-bond acceptors (Lipinski definition) is 6. The Morgan fingerprint density at radius 3 is 2.10 bits per heavy atom. The molecule has 3 N–H and O–H groups in total. The van der Waals surface area contributed by atoms with Crippen LogP contribution in [-0.4, -0.2) is 24.5 Å². The van der Waals surface area contributed by atoms with E-state index in [0.717, 1.165) is 17.5 Å². The van der Waals surface area contributed by atoms with Gasteiger partial charge in [-0.3, -0.25) is 0 Å². The number of nitrogens with one attached hydrogen (secondary N) is 2. The van der Waals surface area contributed by atoms with Crippen LogP contribution in [0.3, 0.4) is 0 Å². The van der Waals surface area contributed by atoms with Gasteiger partial charge in [0.25, 0.3) is 10.0 Å². The smallest absolute Gasteiger partial charge is 0.333 e. The van der Waals surface area contributed by atoms with Crippen LogP contribution in [0.1, 0.15) is 69.5 Å². The van der Waals surface area contributed by atoms with Gasteiger partial charge < -0.3 is 10.4 Å². The van der Waals surface area contributed by atoms with E-state index >= 15 is 0 Å². The Labute approximate surface area is 174 Å². The zero-order valence-corrected chi connectivity index (χ0v) is 18.8. The molecule has 0 bridgehead atoms. The van der Waals surface area contributed by atoms with Gasteiger partial charge in [-0.1, -0.05) is 27.7 Å². The van der Waals surface area contributed by atoms with E-state index in [9.17, 15) is 22.7 Å². The molecule has 2 aromatic rings. The van der Waals surface area contributed by atoms with Crippen LogP contribution in [0.25, 0.3) is 0 Å². The zero-order chi connectivity index (χ0) is 22.1. The van der Waals surface area contributed by atoms with Crippen molar-refractivity contribution in [3.63, 3.8) is 0 Å². The Morgan fingerprint density at radius 2 is 1.69 bits per heavy atom. The number of aromatic nitrogens is 1. The highest BCUT2D eigenvalue weighted by molar-refractivity contribution is 7.92. The van der Waals surface area contributed by atoms with Crippen LogP contribution in [0.4, 0.5) is 14.9 Å². The summed E-state index contributed by atoms with van der Waals surface area (Å²) in [5.41, 5.74) is 0.241. The molecular weight excluding hydrogens is 417 g/mol. The highest BCUT2D eigenvalue weighted by Crippen LogP contribution is 2.34. The summed E-state index contributed by atoms with van der Waals surface area (Å²) in [6, 6.07) is 1.71. The van der Waals surface area contributed by atoms with Gasteiger partial charge in [0.1, 0.15) is 16.4 Å². The Kier molecular flexibility index (Phi) is 6.71. The number of hydrogen-bond donors (Lipinski definition) is 3. The van der Waals surface area contributed by atoms with Crippen LogP contribution in [-0.2, 0) is 15.6 Å². The molecule has 29 heavy (non-hydrogen) atoms. The summed E-state index contributed by atoms with van der Waals surface area (Å²) in [4.78, 5) is 16.4. The molecular formula is C19H26FN3O4S2. The van der Waals surface area contributed by atoms with Crippen molar-refractivity contribution in [2.45, 2.75) is 63.2 Å². The molecule has 0 fully saturated rings. The third-order valence-electron chi connectivity index (χ3n) is 4.15. The second-order valence-corrected chi connectivity index (χ2v) is 10.8. The standard InChI is InChI=1S/C19H26FN3O4S2/c1-10(2)13-7-12(20)8-14(11(3)4)16(13)22-18(24)23-29(26,27)15-9-21-17(28-15)19(5,6)25/h7-11,25H,1-6H3,(H2,22,23,24). The van der Waals surface area contributed by atoms with Crippen molar-refractivity contribution in [1.82, 2.24) is 9.71 Å². The van der Waals surface area contributed by atoms with Gasteiger partial charge in [0.05, 0.1) is 6.20 Å². The Morgan fingerprint density at radius 1 is 1.17 bits per heavy atom. The van der Waals surface area contributed by atoms with E-state index in [1.54, 1.807) is 0 Å². The lowest BCUT2D eigenvalue weighted by atomic mass is 9.92. The number of aliphatic hydroxyl groups is 1. The van der Waals surface area contributed by atoms with Gasteiger partial charge in [-0.25, -0.2) is 27.3 Å². The number of halogens is 1. The van der Waals surface area contributed by atoms with E-state index in [0.29, 0.717) is 16.8 Å². The molecule has 1 aromatic heterocycles. The second kappa shape index (κ2) is 8.37. The van der Waals surface area contributed by atoms with Crippen molar-refractivity contribution in [1.29, 1.82) is 0 Å². The molecule has 10 heteroatoms. The zero-order valence-electron chi connectivity index (χ0n) is 17.2. The highest BCUT2D eigenvalue weighted by Gasteiger charge is 2.27. The van der Waals surface area contributed by atoms with E-state index in [4.69, 9.17) is 0 Å². The summed E-state index contributed by atoms with van der Waals surface area (Å²) in [6.45, 7) is 10.4. The van der Waals surface area contributed by atoms with Gasteiger partial charge >= 0.3 is 6.03 Å². The molecule has 160 valence electrons. The van der Waals surface area contributed by atoms with E-state index in [1.807, 2.05) is 32.4 Å². The van der Waals surface area contributed by atoms with Gasteiger partial charge in [0, 0.05) is 5.69 Å². The number of carbonyl (C=O) groups is 1. The third kappa shape index (κ3) is 5.52. The van der Waals surface area contributed by atoms with Gasteiger partial charge in [0.15, 0.2) is 4.21 Å². The second-order valence-electron chi connectivity index (χ2n) is 7.87. The SMILES string of the molecule is CC(C)c1cc(F)cc(C(C)C)c1NC(=O)NS(=O)(=O)c1cnc(C(C)(C)O)s1. The lowest BCUT2D eigenvalue weighted by Gasteiger charge is -2.20. The predicted molar refractivity (Wildman–Crippen MR) is 111 cm³/mol. The van der Waals surface area contributed by atoms with Crippen molar-refractivity contribution < 1.29 is 22.7 Å². The monoisotopic (exact) mass is 443 g/mol. The first-order chi connectivity index (χ1) is 13.2.